The summed E-state index contributed by atoms with van der Waals surface area (Å²) in [6, 6.07) is 6.92. The van der Waals surface area contributed by atoms with Crippen LogP contribution >= 0.6 is 0 Å². The van der Waals surface area contributed by atoms with Crippen molar-refractivity contribution in [3.8, 4) is 0 Å². The van der Waals surface area contributed by atoms with Gasteiger partial charge in [-0.05, 0) is 51.2 Å². The fourth-order valence-corrected chi connectivity index (χ4v) is 5.86. The first kappa shape index (κ1) is 43.7. The van der Waals surface area contributed by atoms with E-state index in [1.165, 1.54) is 141 Å². The van der Waals surface area contributed by atoms with Crippen LogP contribution in [0.25, 0.3) is 0 Å². The second-order valence-corrected chi connectivity index (χ2v) is 13.9. The number of hydrogen-bond donors (Lipinski definition) is 2. The smallest absolute Gasteiger partial charge is 0.412 e. The molecule has 0 fully saturated rings. The Bertz CT molecular complexity index is 811. The molecule has 1 aromatic carbocycles. The van der Waals surface area contributed by atoms with Gasteiger partial charge >= 0.3 is 12.2 Å². The number of amides is 2. The minimum atomic E-state index is -0.493. The molecular formula is C40H74N4O4. The monoisotopic (exact) mass is 675 g/mol. The first-order valence-electron chi connectivity index (χ1n) is 19.8. The minimum absolute atomic E-state index is 0.253. The number of rotatable bonds is 32. The first-order chi connectivity index (χ1) is 23.4. The molecule has 0 bridgehead atoms. The molecule has 0 aliphatic carbocycles. The van der Waals surface area contributed by atoms with E-state index in [2.05, 4.69) is 24.5 Å². The van der Waals surface area contributed by atoms with Gasteiger partial charge in [0.2, 0.25) is 0 Å². The van der Waals surface area contributed by atoms with E-state index in [1.54, 1.807) is 24.3 Å². The molecule has 2 amide bonds. The van der Waals surface area contributed by atoms with E-state index in [1.807, 2.05) is 23.9 Å². The molecule has 8 heteroatoms. The van der Waals surface area contributed by atoms with Crippen LogP contribution in [-0.2, 0) is 9.47 Å². The third kappa shape index (κ3) is 27.6. The third-order valence-corrected chi connectivity index (χ3v) is 9.00. The summed E-state index contributed by atoms with van der Waals surface area (Å²) in [5, 5.41) is 5.49. The van der Waals surface area contributed by atoms with Gasteiger partial charge in [-0.25, -0.2) is 9.59 Å². The van der Waals surface area contributed by atoms with Gasteiger partial charge in [0, 0.05) is 24.5 Å². The fraction of sp³-hybridized carbons (Fsp3) is 0.800. The van der Waals surface area contributed by atoms with Crippen molar-refractivity contribution in [2.24, 2.45) is 0 Å². The number of anilines is 2. The van der Waals surface area contributed by atoms with Crippen LogP contribution in [0, 0.1) is 0 Å². The van der Waals surface area contributed by atoms with E-state index in [0.717, 1.165) is 25.9 Å². The summed E-state index contributed by atoms with van der Waals surface area (Å²) in [4.78, 5) is 28.6. The molecule has 48 heavy (non-hydrogen) atoms. The normalized spacial score (nSPS) is 11.3. The zero-order valence-electron chi connectivity index (χ0n) is 31.6. The molecule has 0 aliphatic heterocycles. The molecule has 1 aromatic rings. The van der Waals surface area contributed by atoms with Crippen molar-refractivity contribution in [3.63, 3.8) is 0 Å². The largest absolute Gasteiger partial charge is 0.433 e. The number of benzene rings is 1. The lowest BCUT2D eigenvalue weighted by atomic mass is 10.1. The van der Waals surface area contributed by atoms with Crippen LogP contribution in [0.15, 0.2) is 24.3 Å². The molecular weight excluding hydrogens is 600 g/mol. The average molecular weight is 675 g/mol. The molecule has 0 aliphatic rings. The van der Waals surface area contributed by atoms with E-state index in [-0.39, 0.29) is 13.5 Å². The van der Waals surface area contributed by atoms with Crippen molar-refractivity contribution >= 4 is 23.6 Å². The number of nitrogens with one attached hydrogen (secondary N) is 2. The standard InChI is InChI=1S/C40H74N4O4/c1-5-7-9-11-13-15-17-19-21-23-25-27-33-43(3)35-47-39(45)41-37-29-31-38(32-30-37)42-40(46)48-36-44(4)34-28-26-24-22-20-18-16-14-12-10-8-6-2/h29-32H,5-28,33-36H2,1-4H3,(H,41,45)(H,42,46). The second-order valence-electron chi connectivity index (χ2n) is 13.9. The number of carbonyl (C=O) groups excluding carboxylic acids is 2. The highest BCUT2D eigenvalue weighted by Crippen LogP contribution is 2.16. The second kappa shape index (κ2) is 31.9. The highest BCUT2D eigenvalue weighted by atomic mass is 16.6. The van der Waals surface area contributed by atoms with Crippen LogP contribution in [-0.4, -0.2) is 62.6 Å². The summed E-state index contributed by atoms with van der Waals surface area (Å²) in [5.41, 5.74) is 1.20. The lowest BCUT2D eigenvalue weighted by Crippen LogP contribution is -2.27. The topological polar surface area (TPSA) is 83.1 Å². The van der Waals surface area contributed by atoms with Crippen LogP contribution < -0.4 is 10.6 Å². The Morgan fingerprint density at radius 3 is 0.979 bits per heavy atom. The Hall–Kier alpha value is -2.32. The summed E-state index contributed by atoms with van der Waals surface area (Å²) < 4.78 is 10.7. The number of carbonyl (C=O) groups is 2. The third-order valence-electron chi connectivity index (χ3n) is 9.00. The van der Waals surface area contributed by atoms with Gasteiger partial charge in [-0.3, -0.25) is 20.4 Å². The number of ether oxygens (including phenoxy) is 2. The summed E-state index contributed by atoms with van der Waals surface area (Å²) in [5.74, 6) is 0. The SMILES string of the molecule is CCCCCCCCCCCCCCN(C)COC(=O)Nc1ccc(NC(=O)OCN(C)CCCCCCCCCCCCCC)cc1. The van der Waals surface area contributed by atoms with Crippen LogP contribution in [0.4, 0.5) is 21.0 Å². The number of unbranched alkanes of at least 4 members (excludes halogenated alkanes) is 22. The van der Waals surface area contributed by atoms with E-state index in [4.69, 9.17) is 9.47 Å². The molecule has 0 radical (unpaired) electrons. The molecule has 0 saturated heterocycles. The van der Waals surface area contributed by atoms with Crippen molar-refractivity contribution < 1.29 is 19.1 Å². The highest BCUT2D eigenvalue weighted by Gasteiger charge is 2.08. The average Bonchev–Trinajstić information content (AvgIpc) is 3.08. The van der Waals surface area contributed by atoms with Gasteiger partial charge in [0.05, 0.1) is 0 Å². The molecule has 0 aromatic heterocycles. The quantitative estimate of drug-likeness (QED) is 0.0584. The molecule has 0 heterocycles. The van der Waals surface area contributed by atoms with Crippen molar-refractivity contribution in [1.82, 2.24) is 9.80 Å². The van der Waals surface area contributed by atoms with E-state index in [0.29, 0.717) is 11.4 Å². The minimum Gasteiger partial charge on any atom is -0.433 e. The Morgan fingerprint density at radius 2 is 0.708 bits per heavy atom. The van der Waals surface area contributed by atoms with Crippen molar-refractivity contribution in [2.45, 2.75) is 168 Å². The highest BCUT2D eigenvalue weighted by molar-refractivity contribution is 5.87. The summed E-state index contributed by atoms with van der Waals surface area (Å²) >= 11 is 0. The molecule has 0 saturated carbocycles. The molecule has 0 unspecified atom stereocenters. The lowest BCUT2D eigenvalue weighted by molar-refractivity contribution is 0.0917. The van der Waals surface area contributed by atoms with Gasteiger partial charge in [-0.1, -0.05) is 155 Å². The van der Waals surface area contributed by atoms with Gasteiger partial charge in [-0.15, -0.1) is 0 Å². The Morgan fingerprint density at radius 1 is 0.458 bits per heavy atom. The molecule has 1 rings (SSSR count). The van der Waals surface area contributed by atoms with Gasteiger partial charge in [0.25, 0.3) is 0 Å². The predicted molar refractivity (Wildman–Crippen MR) is 204 cm³/mol. The maximum atomic E-state index is 12.3. The molecule has 0 atom stereocenters. The zero-order chi connectivity index (χ0) is 34.9. The maximum absolute atomic E-state index is 12.3. The lowest BCUT2D eigenvalue weighted by Gasteiger charge is -2.17. The first-order valence-corrected chi connectivity index (χ1v) is 19.8. The van der Waals surface area contributed by atoms with Gasteiger partial charge in [0.15, 0.2) is 0 Å². The molecule has 2 N–H and O–H groups in total. The van der Waals surface area contributed by atoms with E-state index in [9.17, 15) is 9.59 Å². The Labute approximate surface area is 295 Å². The number of nitrogens with zero attached hydrogens (tertiary/aromatic N) is 2. The van der Waals surface area contributed by atoms with Crippen molar-refractivity contribution in [2.75, 3.05) is 51.3 Å². The van der Waals surface area contributed by atoms with Gasteiger partial charge in [-0.2, -0.15) is 0 Å². The summed E-state index contributed by atoms with van der Waals surface area (Å²) in [6.45, 7) is 6.87. The number of hydrogen-bond acceptors (Lipinski definition) is 6. The van der Waals surface area contributed by atoms with Crippen LogP contribution in [0.5, 0.6) is 0 Å². The zero-order valence-corrected chi connectivity index (χ0v) is 31.6. The van der Waals surface area contributed by atoms with E-state index >= 15 is 0 Å². The van der Waals surface area contributed by atoms with Crippen molar-refractivity contribution in [3.05, 3.63) is 24.3 Å². The summed E-state index contributed by atoms with van der Waals surface area (Å²) in [7, 11) is 3.95. The molecule has 8 nitrogen and oxygen atoms in total. The fourth-order valence-electron chi connectivity index (χ4n) is 5.86. The van der Waals surface area contributed by atoms with Crippen LogP contribution in [0.1, 0.15) is 168 Å². The molecule has 0 spiro atoms. The molecule has 278 valence electrons. The van der Waals surface area contributed by atoms with Crippen LogP contribution in [0.2, 0.25) is 0 Å². The van der Waals surface area contributed by atoms with Crippen molar-refractivity contribution in [1.29, 1.82) is 0 Å². The van der Waals surface area contributed by atoms with Gasteiger partial charge < -0.3 is 9.47 Å². The summed E-state index contributed by atoms with van der Waals surface area (Å²) in [6.07, 6.45) is 30.9. The Balaban J connectivity index is 2.03. The van der Waals surface area contributed by atoms with Gasteiger partial charge in [0.1, 0.15) is 13.5 Å². The van der Waals surface area contributed by atoms with E-state index < -0.39 is 12.2 Å². The predicted octanol–water partition coefficient (Wildman–Crippen LogP) is 12.0. The van der Waals surface area contributed by atoms with Crippen LogP contribution in [0.3, 0.4) is 0 Å². The Kier molecular flexibility index (Phi) is 29.1. The maximum Gasteiger partial charge on any atom is 0.412 e.